The molecule has 0 aliphatic rings. The fourth-order valence-corrected chi connectivity index (χ4v) is 3.48. The monoisotopic (exact) mass is 430 g/mol. The number of aromatic nitrogens is 2. The van der Waals surface area contributed by atoms with Crippen LogP contribution in [0.4, 0.5) is 0 Å². The first-order valence-electron chi connectivity index (χ1n) is 10.6. The number of rotatable bonds is 10. The third kappa shape index (κ3) is 5.70. The number of amides is 1. The van der Waals surface area contributed by atoms with Crippen LogP contribution in [0.15, 0.2) is 88.2 Å². The predicted molar refractivity (Wildman–Crippen MR) is 120 cm³/mol. The highest BCUT2D eigenvalue weighted by atomic mass is 16.3. The molecule has 7 nitrogen and oxygen atoms in total. The fourth-order valence-electron chi connectivity index (χ4n) is 3.48. The number of hydrogen-bond donors (Lipinski definition) is 1. The lowest BCUT2D eigenvalue weighted by atomic mass is 10.1. The standard InChI is InChI=1S/C25H26N4O3/c1-19(20-8-3-2-4-9-20)29(16-22-11-7-15-31-22)17-24-28-23(18-32-24)25(30)27-14-12-21-10-5-6-13-26-21/h2-11,13,15,18-19H,12,14,16-17H2,1H3,(H,27,30). The van der Waals surface area contributed by atoms with Crippen LogP contribution in [0.3, 0.4) is 0 Å². The van der Waals surface area contributed by atoms with Crippen LogP contribution in [0.25, 0.3) is 0 Å². The number of nitrogens with zero attached hydrogens (tertiary/aromatic N) is 3. The highest BCUT2D eigenvalue weighted by Gasteiger charge is 2.21. The van der Waals surface area contributed by atoms with E-state index in [0.717, 1.165) is 11.5 Å². The molecule has 0 fully saturated rings. The van der Waals surface area contributed by atoms with Gasteiger partial charge in [-0.25, -0.2) is 4.98 Å². The zero-order valence-electron chi connectivity index (χ0n) is 18.0. The Balaban J connectivity index is 1.39. The molecular weight excluding hydrogens is 404 g/mol. The van der Waals surface area contributed by atoms with Crippen LogP contribution in [-0.2, 0) is 19.5 Å². The van der Waals surface area contributed by atoms with Gasteiger partial charge in [-0.05, 0) is 36.8 Å². The highest BCUT2D eigenvalue weighted by Crippen LogP contribution is 2.24. The largest absolute Gasteiger partial charge is 0.468 e. The van der Waals surface area contributed by atoms with Crippen LogP contribution < -0.4 is 5.32 Å². The highest BCUT2D eigenvalue weighted by molar-refractivity contribution is 5.91. The van der Waals surface area contributed by atoms with Crippen molar-refractivity contribution in [3.05, 3.63) is 108 Å². The molecular formula is C25H26N4O3. The van der Waals surface area contributed by atoms with E-state index in [1.54, 1.807) is 12.5 Å². The molecule has 1 atom stereocenters. The SMILES string of the molecule is CC(c1ccccc1)N(Cc1ccco1)Cc1nc(C(=O)NCCc2ccccn2)co1. The Morgan fingerprint density at radius 2 is 1.88 bits per heavy atom. The first kappa shape index (κ1) is 21.5. The van der Waals surface area contributed by atoms with Gasteiger partial charge in [-0.15, -0.1) is 0 Å². The number of nitrogens with one attached hydrogen (secondary N) is 1. The van der Waals surface area contributed by atoms with E-state index < -0.39 is 0 Å². The summed E-state index contributed by atoms with van der Waals surface area (Å²) in [5, 5.41) is 2.87. The lowest BCUT2D eigenvalue weighted by molar-refractivity contribution is 0.0949. The van der Waals surface area contributed by atoms with Gasteiger partial charge in [-0.3, -0.25) is 14.7 Å². The van der Waals surface area contributed by atoms with E-state index in [1.165, 1.54) is 11.8 Å². The van der Waals surface area contributed by atoms with Gasteiger partial charge >= 0.3 is 0 Å². The van der Waals surface area contributed by atoms with Crippen LogP contribution in [-0.4, -0.2) is 27.3 Å². The summed E-state index contributed by atoms with van der Waals surface area (Å²) in [4.78, 5) is 23.3. The molecule has 1 aromatic carbocycles. The van der Waals surface area contributed by atoms with Gasteiger partial charge < -0.3 is 14.2 Å². The Kier molecular flexibility index (Phi) is 7.09. The molecule has 1 N–H and O–H groups in total. The van der Waals surface area contributed by atoms with E-state index in [4.69, 9.17) is 8.83 Å². The third-order valence-electron chi connectivity index (χ3n) is 5.28. The number of carbonyl (C=O) groups is 1. The average Bonchev–Trinajstić information content (AvgIpc) is 3.52. The Bertz CT molecular complexity index is 1090. The number of hydrogen-bond acceptors (Lipinski definition) is 6. The topological polar surface area (TPSA) is 84.4 Å². The van der Waals surface area contributed by atoms with Crippen molar-refractivity contribution in [3.63, 3.8) is 0 Å². The van der Waals surface area contributed by atoms with Crippen molar-refractivity contribution in [2.75, 3.05) is 6.54 Å². The predicted octanol–water partition coefficient (Wildman–Crippen LogP) is 4.40. The van der Waals surface area contributed by atoms with E-state index in [1.807, 2.05) is 48.5 Å². The summed E-state index contributed by atoms with van der Waals surface area (Å²) < 4.78 is 11.2. The second-order valence-corrected chi connectivity index (χ2v) is 7.52. The molecule has 164 valence electrons. The smallest absolute Gasteiger partial charge is 0.273 e. The maximum Gasteiger partial charge on any atom is 0.273 e. The molecule has 4 rings (SSSR count). The van der Waals surface area contributed by atoms with Gasteiger partial charge in [0, 0.05) is 30.9 Å². The minimum atomic E-state index is -0.260. The first-order valence-corrected chi connectivity index (χ1v) is 10.6. The molecule has 0 radical (unpaired) electrons. The summed E-state index contributed by atoms with van der Waals surface area (Å²) in [6.07, 6.45) is 5.47. The Hall–Kier alpha value is -3.71. The average molecular weight is 431 g/mol. The van der Waals surface area contributed by atoms with Crippen molar-refractivity contribution in [2.24, 2.45) is 0 Å². The molecule has 7 heteroatoms. The van der Waals surface area contributed by atoms with Gasteiger partial charge in [0.2, 0.25) is 5.89 Å². The Labute approximate surface area is 187 Å². The molecule has 0 saturated heterocycles. The zero-order chi connectivity index (χ0) is 22.2. The summed E-state index contributed by atoms with van der Waals surface area (Å²) in [5.74, 6) is 1.07. The molecule has 0 bridgehead atoms. The number of pyridine rings is 1. The maximum atomic E-state index is 12.5. The summed E-state index contributed by atoms with van der Waals surface area (Å²) in [6.45, 7) is 3.65. The summed E-state index contributed by atoms with van der Waals surface area (Å²) in [6, 6.07) is 19.9. The van der Waals surface area contributed by atoms with Crippen molar-refractivity contribution in [2.45, 2.75) is 32.5 Å². The molecule has 1 unspecified atom stereocenters. The lowest BCUT2D eigenvalue weighted by Crippen LogP contribution is -2.27. The second kappa shape index (κ2) is 10.5. The molecule has 1 amide bonds. The lowest BCUT2D eigenvalue weighted by Gasteiger charge is -2.27. The van der Waals surface area contributed by atoms with Gasteiger partial charge in [0.15, 0.2) is 5.69 Å². The van der Waals surface area contributed by atoms with E-state index in [9.17, 15) is 4.79 Å². The first-order chi connectivity index (χ1) is 15.7. The van der Waals surface area contributed by atoms with Gasteiger partial charge in [0.05, 0.1) is 19.4 Å². The number of oxazole rings is 1. The van der Waals surface area contributed by atoms with Crippen molar-refractivity contribution in [1.82, 2.24) is 20.2 Å². The minimum Gasteiger partial charge on any atom is -0.468 e. The van der Waals surface area contributed by atoms with Crippen LogP contribution in [0.2, 0.25) is 0 Å². The van der Waals surface area contributed by atoms with Crippen LogP contribution in [0.5, 0.6) is 0 Å². The fraction of sp³-hybridized carbons (Fsp3) is 0.240. The minimum absolute atomic E-state index is 0.101. The summed E-state index contributed by atoms with van der Waals surface area (Å²) in [5.41, 5.74) is 2.38. The number of carbonyl (C=O) groups excluding carboxylic acids is 1. The molecule has 3 aromatic heterocycles. The maximum absolute atomic E-state index is 12.5. The van der Waals surface area contributed by atoms with Crippen molar-refractivity contribution in [1.29, 1.82) is 0 Å². The second-order valence-electron chi connectivity index (χ2n) is 7.52. The molecule has 4 aromatic rings. The molecule has 0 aliphatic carbocycles. The van der Waals surface area contributed by atoms with E-state index in [-0.39, 0.29) is 17.6 Å². The summed E-state index contributed by atoms with van der Waals surface area (Å²) >= 11 is 0. The van der Waals surface area contributed by atoms with Crippen molar-refractivity contribution >= 4 is 5.91 Å². The molecule has 3 heterocycles. The van der Waals surface area contributed by atoms with Crippen molar-refractivity contribution in [3.8, 4) is 0 Å². The number of furan rings is 1. The van der Waals surface area contributed by atoms with Gasteiger partial charge in [0.25, 0.3) is 5.91 Å². The Morgan fingerprint density at radius 3 is 2.62 bits per heavy atom. The van der Waals surface area contributed by atoms with Gasteiger partial charge in [0.1, 0.15) is 12.0 Å². The molecule has 0 saturated carbocycles. The van der Waals surface area contributed by atoms with E-state index >= 15 is 0 Å². The van der Waals surface area contributed by atoms with E-state index in [2.05, 4.69) is 39.2 Å². The normalized spacial score (nSPS) is 12.1. The molecule has 0 spiro atoms. The molecule has 32 heavy (non-hydrogen) atoms. The van der Waals surface area contributed by atoms with E-state index in [0.29, 0.717) is 31.9 Å². The van der Waals surface area contributed by atoms with Crippen LogP contribution in [0.1, 0.15) is 46.4 Å². The van der Waals surface area contributed by atoms with Crippen LogP contribution >= 0.6 is 0 Å². The zero-order valence-corrected chi connectivity index (χ0v) is 18.0. The Morgan fingerprint density at radius 1 is 1.03 bits per heavy atom. The van der Waals surface area contributed by atoms with Gasteiger partial charge in [-0.1, -0.05) is 36.4 Å². The van der Waals surface area contributed by atoms with Crippen molar-refractivity contribution < 1.29 is 13.6 Å². The quantitative estimate of drug-likeness (QED) is 0.401. The van der Waals surface area contributed by atoms with Gasteiger partial charge in [-0.2, -0.15) is 0 Å². The van der Waals surface area contributed by atoms with Crippen LogP contribution in [0, 0.1) is 0 Å². The third-order valence-corrected chi connectivity index (χ3v) is 5.28. The molecule has 0 aliphatic heterocycles. The summed E-state index contributed by atoms with van der Waals surface area (Å²) in [7, 11) is 0. The number of benzene rings is 1.